The lowest BCUT2D eigenvalue weighted by atomic mass is 10.2. The fourth-order valence-corrected chi connectivity index (χ4v) is 2.34. The van der Waals surface area contributed by atoms with Gasteiger partial charge in [0.05, 0.1) is 16.4 Å². The number of halogens is 4. The molecule has 0 aliphatic rings. The molecule has 0 saturated heterocycles. The van der Waals surface area contributed by atoms with Gasteiger partial charge in [0, 0.05) is 11.8 Å². The molecule has 0 saturated carbocycles. The molecule has 0 unspecified atom stereocenters. The summed E-state index contributed by atoms with van der Waals surface area (Å²) < 4.78 is 39.9. The van der Waals surface area contributed by atoms with Gasteiger partial charge in [-0.05, 0) is 36.4 Å². The first-order valence-electron chi connectivity index (χ1n) is 7.38. The molecule has 1 amide bonds. The van der Waals surface area contributed by atoms with Gasteiger partial charge >= 0.3 is 0 Å². The van der Waals surface area contributed by atoms with Gasteiger partial charge in [-0.15, -0.1) is 0 Å². The van der Waals surface area contributed by atoms with Crippen LogP contribution in [0.15, 0.2) is 54.7 Å². The van der Waals surface area contributed by atoms with Crippen LogP contribution in [0.25, 0.3) is 0 Å². The predicted octanol–water partition coefficient (Wildman–Crippen LogP) is 5.15. The van der Waals surface area contributed by atoms with Gasteiger partial charge < -0.3 is 10.6 Å². The van der Waals surface area contributed by atoms with Crippen LogP contribution in [0.4, 0.5) is 30.4 Å². The Morgan fingerprint density at radius 1 is 0.962 bits per heavy atom. The van der Waals surface area contributed by atoms with Crippen molar-refractivity contribution in [2.24, 2.45) is 0 Å². The fraction of sp³-hybridized carbons (Fsp3) is 0. The van der Waals surface area contributed by atoms with E-state index >= 15 is 0 Å². The van der Waals surface area contributed by atoms with E-state index in [4.69, 9.17) is 11.6 Å². The first kappa shape index (κ1) is 17.8. The summed E-state index contributed by atoms with van der Waals surface area (Å²) in [5.41, 5.74) is 0.260. The van der Waals surface area contributed by atoms with Gasteiger partial charge in [0.15, 0.2) is 17.5 Å². The van der Waals surface area contributed by atoms with Gasteiger partial charge in [0.1, 0.15) is 5.82 Å². The highest BCUT2D eigenvalue weighted by molar-refractivity contribution is 6.33. The van der Waals surface area contributed by atoms with E-state index in [0.717, 1.165) is 12.1 Å². The van der Waals surface area contributed by atoms with Gasteiger partial charge in [0.2, 0.25) is 0 Å². The first-order chi connectivity index (χ1) is 12.5. The molecule has 8 heteroatoms. The summed E-state index contributed by atoms with van der Waals surface area (Å²) >= 11 is 6.05. The summed E-state index contributed by atoms with van der Waals surface area (Å²) in [6.45, 7) is 0. The highest BCUT2D eigenvalue weighted by Crippen LogP contribution is 2.25. The maximum absolute atomic E-state index is 13.7. The fourth-order valence-electron chi connectivity index (χ4n) is 2.16. The number of carbonyl (C=O) groups excluding carboxylic acids is 1. The molecule has 0 aliphatic heterocycles. The first-order valence-corrected chi connectivity index (χ1v) is 7.76. The number of para-hydroxylation sites is 1. The average Bonchev–Trinajstić information content (AvgIpc) is 2.64. The molecule has 4 nitrogen and oxygen atoms in total. The lowest BCUT2D eigenvalue weighted by molar-refractivity contribution is 0.102. The van der Waals surface area contributed by atoms with Crippen LogP contribution in [0, 0.1) is 17.5 Å². The van der Waals surface area contributed by atoms with Crippen LogP contribution in [0.2, 0.25) is 5.02 Å². The number of nitrogens with one attached hydrogen (secondary N) is 2. The van der Waals surface area contributed by atoms with Crippen molar-refractivity contribution in [1.29, 1.82) is 0 Å². The average molecular weight is 378 g/mol. The molecular weight excluding hydrogens is 367 g/mol. The quantitative estimate of drug-likeness (QED) is 0.618. The van der Waals surface area contributed by atoms with Crippen LogP contribution < -0.4 is 10.6 Å². The maximum Gasteiger partial charge on any atom is 0.255 e. The maximum atomic E-state index is 13.7. The molecule has 2 N–H and O–H groups in total. The third-order valence-corrected chi connectivity index (χ3v) is 3.77. The second-order valence-electron chi connectivity index (χ2n) is 5.21. The monoisotopic (exact) mass is 377 g/mol. The van der Waals surface area contributed by atoms with Crippen molar-refractivity contribution < 1.29 is 18.0 Å². The number of rotatable bonds is 4. The summed E-state index contributed by atoms with van der Waals surface area (Å²) in [5.74, 6) is -4.84. The van der Waals surface area contributed by atoms with E-state index in [9.17, 15) is 18.0 Å². The Balaban J connectivity index is 1.81. The molecule has 3 aromatic rings. The number of nitrogens with zero attached hydrogens (tertiary/aromatic N) is 1. The van der Waals surface area contributed by atoms with Crippen molar-refractivity contribution >= 4 is 34.7 Å². The number of anilines is 3. The van der Waals surface area contributed by atoms with Gasteiger partial charge in [-0.25, -0.2) is 18.2 Å². The number of amides is 1. The summed E-state index contributed by atoms with van der Waals surface area (Å²) in [5, 5.41) is 5.61. The number of aromatic nitrogens is 1. The topological polar surface area (TPSA) is 54.0 Å². The van der Waals surface area contributed by atoms with Crippen LogP contribution in [0.5, 0.6) is 0 Å². The lowest BCUT2D eigenvalue weighted by Gasteiger charge is -2.10. The van der Waals surface area contributed by atoms with Crippen molar-refractivity contribution in [3.63, 3.8) is 0 Å². The Bertz CT molecular complexity index is 982. The largest absolute Gasteiger partial charge is 0.339 e. The zero-order valence-corrected chi connectivity index (χ0v) is 13.8. The number of carbonyl (C=O) groups is 1. The second kappa shape index (κ2) is 7.45. The molecule has 26 heavy (non-hydrogen) atoms. The normalized spacial score (nSPS) is 10.5. The van der Waals surface area contributed by atoms with E-state index in [2.05, 4.69) is 15.6 Å². The Kier molecular flexibility index (Phi) is 5.09. The number of pyridine rings is 1. The number of hydrogen-bond acceptors (Lipinski definition) is 3. The standard InChI is InChI=1S/C18H11ClF3N3O/c19-11-3-1-2-4-13(11)24-15-9-10(7-8-23-15)18(26)25-14-6-5-12(20)16(21)17(14)22/h1-9H,(H,23,24)(H,25,26). The van der Waals surface area contributed by atoms with Crippen molar-refractivity contribution in [1.82, 2.24) is 4.98 Å². The molecule has 0 atom stereocenters. The zero-order valence-electron chi connectivity index (χ0n) is 13.1. The van der Waals surface area contributed by atoms with Crippen LogP contribution in [-0.2, 0) is 0 Å². The smallest absolute Gasteiger partial charge is 0.255 e. The van der Waals surface area contributed by atoms with E-state index in [-0.39, 0.29) is 5.56 Å². The molecule has 2 aromatic carbocycles. The van der Waals surface area contributed by atoms with E-state index in [1.54, 1.807) is 24.3 Å². The number of benzene rings is 2. The number of hydrogen-bond donors (Lipinski definition) is 2. The summed E-state index contributed by atoms with van der Waals surface area (Å²) in [6.07, 6.45) is 1.37. The molecule has 0 spiro atoms. The molecule has 132 valence electrons. The second-order valence-corrected chi connectivity index (χ2v) is 5.62. The Morgan fingerprint density at radius 3 is 2.50 bits per heavy atom. The molecule has 0 fully saturated rings. The van der Waals surface area contributed by atoms with E-state index in [0.29, 0.717) is 16.5 Å². The Labute approximate surface area is 151 Å². The molecule has 1 heterocycles. The lowest BCUT2D eigenvalue weighted by Crippen LogP contribution is -2.14. The summed E-state index contributed by atoms with van der Waals surface area (Å²) in [6, 6.07) is 11.4. The highest BCUT2D eigenvalue weighted by Gasteiger charge is 2.16. The summed E-state index contributed by atoms with van der Waals surface area (Å²) in [7, 11) is 0. The van der Waals surface area contributed by atoms with Crippen LogP contribution >= 0.6 is 11.6 Å². The molecule has 0 bridgehead atoms. The van der Waals surface area contributed by atoms with E-state index in [1.165, 1.54) is 18.3 Å². The van der Waals surface area contributed by atoms with Gasteiger partial charge in [-0.2, -0.15) is 0 Å². The van der Waals surface area contributed by atoms with Crippen molar-refractivity contribution in [2.45, 2.75) is 0 Å². The van der Waals surface area contributed by atoms with Crippen molar-refractivity contribution in [3.05, 3.63) is 82.8 Å². The minimum atomic E-state index is -1.65. The van der Waals surface area contributed by atoms with Crippen molar-refractivity contribution in [2.75, 3.05) is 10.6 Å². The molecule has 0 radical (unpaired) electrons. The summed E-state index contributed by atoms with van der Waals surface area (Å²) in [4.78, 5) is 16.3. The van der Waals surface area contributed by atoms with Crippen LogP contribution in [0.3, 0.4) is 0 Å². The molecule has 3 rings (SSSR count). The highest BCUT2D eigenvalue weighted by atomic mass is 35.5. The zero-order chi connectivity index (χ0) is 18.7. The SMILES string of the molecule is O=C(Nc1ccc(F)c(F)c1F)c1ccnc(Nc2ccccc2Cl)c1. The minimum Gasteiger partial charge on any atom is -0.339 e. The van der Waals surface area contributed by atoms with Gasteiger partial charge in [-0.1, -0.05) is 23.7 Å². The molecule has 1 aromatic heterocycles. The Hall–Kier alpha value is -3.06. The third-order valence-electron chi connectivity index (χ3n) is 3.44. The van der Waals surface area contributed by atoms with Gasteiger partial charge in [0.25, 0.3) is 5.91 Å². The van der Waals surface area contributed by atoms with Crippen molar-refractivity contribution in [3.8, 4) is 0 Å². The molecule has 0 aliphatic carbocycles. The van der Waals surface area contributed by atoms with Crippen LogP contribution in [-0.4, -0.2) is 10.9 Å². The Morgan fingerprint density at radius 2 is 1.73 bits per heavy atom. The van der Waals surface area contributed by atoms with E-state index < -0.39 is 29.0 Å². The minimum absolute atomic E-state index is 0.138. The third kappa shape index (κ3) is 3.78. The van der Waals surface area contributed by atoms with E-state index in [1.807, 2.05) is 0 Å². The van der Waals surface area contributed by atoms with Gasteiger partial charge in [-0.3, -0.25) is 4.79 Å². The predicted molar refractivity (Wildman–Crippen MR) is 93.2 cm³/mol. The van der Waals surface area contributed by atoms with Crippen LogP contribution in [0.1, 0.15) is 10.4 Å². The molecular formula is C18H11ClF3N3O.